The molecule has 2 aromatic carbocycles. The zero-order valence-electron chi connectivity index (χ0n) is 34.7. The Hall–Kier alpha value is -2.26. The number of hydrogen-bond acceptors (Lipinski definition) is 8. The largest absolute Gasteiger partial charge is 0.172 e. The van der Waals surface area contributed by atoms with Crippen LogP contribution < -0.4 is 0 Å². The topological polar surface area (TPSA) is 51.6 Å². The number of aromatic nitrogens is 4. The van der Waals surface area contributed by atoms with Gasteiger partial charge < -0.3 is 0 Å². The van der Waals surface area contributed by atoms with E-state index in [1.54, 1.807) is 0 Å². The summed E-state index contributed by atoms with van der Waals surface area (Å²) in [6.45, 7) is 4.60. The van der Waals surface area contributed by atoms with Crippen molar-refractivity contribution in [2.24, 2.45) is 0 Å². The molecule has 0 aliphatic carbocycles. The van der Waals surface area contributed by atoms with Gasteiger partial charge in [0.15, 0.2) is 0 Å². The van der Waals surface area contributed by atoms with Gasteiger partial charge in [0, 0.05) is 31.7 Å². The van der Waals surface area contributed by atoms with Crippen molar-refractivity contribution in [3.8, 4) is 20.9 Å². The summed E-state index contributed by atoms with van der Waals surface area (Å²) in [5.41, 5.74) is 9.28. The summed E-state index contributed by atoms with van der Waals surface area (Å²) in [6, 6.07) is 9.45. The number of rotatable bonds is 30. The van der Waals surface area contributed by atoms with E-state index in [9.17, 15) is 0 Å². The van der Waals surface area contributed by atoms with E-state index >= 15 is 0 Å². The van der Waals surface area contributed by atoms with Gasteiger partial charge in [-0.25, -0.2) is 0 Å². The van der Waals surface area contributed by atoms with E-state index in [1.165, 1.54) is 222 Å². The molecule has 6 aromatic rings. The summed E-state index contributed by atoms with van der Waals surface area (Å²) in [4.78, 5) is 2.57. The Morgan fingerprint density at radius 3 is 1.00 bits per heavy atom. The number of fused-ring (bicyclic) bond motifs is 5. The van der Waals surface area contributed by atoms with Crippen molar-refractivity contribution in [1.82, 2.24) is 17.5 Å². The molecule has 0 atom stereocenters. The van der Waals surface area contributed by atoms with Crippen molar-refractivity contribution < 1.29 is 0 Å². The van der Waals surface area contributed by atoms with Crippen LogP contribution in [0, 0.1) is 0 Å². The van der Waals surface area contributed by atoms with Crippen LogP contribution in [0.15, 0.2) is 35.0 Å². The maximum Gasteiger partial charge on any atom is 0.114 e. The minimum atomic E-state index is 0.994. The van der Waals surface area contributed by atoms with Crippen molar-refractivity contribution >= 4 is 79.0 Å². The van der Waals surface area contributed by atoms with Crippen molar-refractivity contribution in [2.45, 2.75) is 194 Å². The molecule has 8 heteroatoms. The first kappa shape index (κ1) is 43.3. The maximum atomic E-state index is 4.88. The van der Waals surface area contributed by atoms with Gasteiger partial charge in [-0.15, -0.1) is 22.7 Å². The molecule has 304 valence electrons. The SMILES string of the molecule is CCCCCCCCCCCCCCCc1csc(-c2cc3c(cc(-c4cc(CCCCCCCCCCCCCCC)cs4)c4nsnc43)c3nsnc23)c1. The summed E-state index contributed by atoms with van der Waals surface area (Å²) >= 11 is 6.34. The van der Waals surface area contributed by atoms with Crippen LogP contribution in [-0.4, -0.2) is 17.5 Å². The van der Waals surface area contributed by atoms with Gasteiger partial charge in [-0.05, 0) is 71.8 Å². The third kappa shape index (κ3) is 12.9. The Balaban J connectivity index is 0.987. The molecule has 0 fully saturated rings. The molecule has 0 aliphatic rings. The number of thiophene rings is 2. The van der Waals surface area contributed by atoms with E-state index in [0.717, 1.165) is 45.7 Å². The standard InChI is InChI=1S/C48H68N4S4/c1-3-5-7-9-11-13-15-17-19-21-23-25-27-29-37-31-43(53-35-37)41-33-39-40(45-47(41)51-55-49-45)34-42(48-46(39)50-56-52-48)44-32-38(36-54-44)30-28-26-24-22-20-18-16-14-12-10-8-6-4-2/h31-36H,3-30H2,1-2H3. The number of unbranched alkanes of at least 4 members (excludes halogenated alkanes) is 24. The Bertz CT molecular complexity index is 1840. The first-order chi connectivity index (χ1) is 27.8. The molecule has 0 unspecified atom stereocenters. The van der Waals surface area contributed by atoms with E-state index in [0.29, 0.717) is 0 Å². The molecular formula is C48H68N4S4. The molecule has 0 radical (unpaired) electrons. The molecule has 0 saturated carbocycles. The summed E-state index contributed by atoms with van der Waals surface area (Å²) in [6.07, 6.45) is 38.6. The Morgan fingerprint density at radius 1 is 0.357 bits per heavy atom. The first-order valence-corrected chi connectivity index (χ1v) is 26.0. The van der Waals surface area contributed by atoms with Gasteiger partial charge >= 0.3 is 0 Å². The first-order valence-electron chi connectivity index (χ1n) is 22.8. The third-order valence-corrected chi connectivity index (χ3v) is 14.9. The predicted molar refractivity (Wildman–Crippen MR) is 251 cm³/mol. The summed E-state index contributed by atoms with van der Waals surface area (Å²) in [5.74, 6) is 0. The van der Waals surface area contributed by atoms with E-state index in [4.69, 9.17) is 17.5 Å². The lowest BCUT2D eigenvalue weighted by Gasteiger charge is -2.08. The van der Waals surface area contributed by atoms with Crippen LogP contribution in [-0.2, 0) is 12.8 Å². The van der Waals surface area contributed by atoms with Gasteiger partial charge in [-0.1, -0.05) is 168 Å². The van der Waals surface area contributed by atoms with Crippen LogP contribution in [0.2, 0.25) is 0 Å². The average molecular weight is 829 g/mol. The normalized spacial score (nSPS) is 12.0. The smallest absolute Gasteiger partial charge is 0.114 e. The van der Waals surface area contributed by atoms with E-state index in [1.807, 2.05) is 22.7 Å². The van der Waals surface area contributed by atoms with Crippen molar-refractivity contribution in [1.29, 1.82) is 0 Å². The summed E-state index contributed by atoms with van der Waals surface area (Å²) in [5, 5.41) is 7.01. The van der Waals surface area contributed by atoms with E-state index in [2.05, 4.69) is 48.9 Å². The monoisotopic (exact) mass is 828 g/mol. The second kappa shape index (κ2) is 24.6. The number of hydrogen-bond donors (Lipinski definition) is 0. The Labute approximate surface area is 355 Å². The number of benzene rings is 2. The minimum absolute atomic E-state index is 0.994. The van der Waals surface area contributed by atoms with Crippen molar-refractivity contribution in [2.75, 3.05) is 0 Å². The predicted octanol–water partition coefficient (Wildman–Crippen LogP) is 17.6. The lowest BCUT2D eigenvalue weighted by Crippen LogP contribution is -1.87. The van der Waals surface area contributed by atoms with Crippen LogP contribution in [0.4, 0.5) is 0 Å². The molecule has 0 bridgehead atoms. The molecule has 6 rings (SSSR count). The van der Waals surface area contributed by atoms with Gasteiger partial charge in [0.1, 0.15) is 22.1 Å². The lowest BCUT2D eigenvalue weighted by molar-refractivity contribution is 0.539. The highest BCUT2D eigenvalue weighted by Crippen LogP contribution is 2.43. The molecule has 4 nitrogen and oxygen atoms in total. The lowest BCUT2D eigenvalue weighted by atomic mass is 9.98. The molecule has 0 amide bonds. The highest BCUT2D eigenvalue weighted by Gasteiger charge is 2.20. The fourth-order valence-corrected chi connectivity index (χ4v) is 11.5. The zero-order chi connectivity index (χ0) is 38.6. The highest BCUT2D eigenvalue weighted by atomic mass is 32.1. The van der Waals surface area contributed by atoms with Crippen LogP contribution in [0.25, 0.3) is 53.7 Å². The second-order valence-electron chi connectivity index (χ2n) is 16.5. The average Bonchev–Trinajstić information content (AvgIpc) is 4.06. The summed E-state index contributed by atoms with van der Waals surface area (Å²) in [7, 11) is 0. The van der Waals surface area contributed by atoms with Crippen molar-refractivity contribution in [3.63, 3.8) is 0 Å². The highest BCUT2D eigenvalue weighted by molar-refractivity contribution is 7.14. The molecule has 0 aliphatic heterocycles. The number of aryl methyl sites for hydroxylation is 2. The second-order valence-corrected chi connectivity index (χ2v) is 19.4. The van der Waals surface area contributed by atoms with Crippen LogP contribution in [0.5, 0.6) is 0 Å². The molecule has 0 N–H and O–H groups in total. The van der Waals surface area contributed by atoms with Gasteiger partial charge in [-0.3, -0.25) is 0 Å². The van der Waals surface area contributed by atoms with E-state index < -0.39 is 0 Å². The molecule has 4 aromatic heterocycles. The van der Waals surface area contributed by atoms with Crippen molar-refractivity contribution in [3.05, 3.63) is 46.2 Å². The fraction of sp³-hybridized carbons (Fsp3) is 0.625. The minimum Gasteiger partial charge on any atom is -0.172 e. The molecular weight excluding hydrogens is 761 g/mol. The van der Waals surface area contributed by atoms with Gasteiger partial charge in [0.05, 0.1) is 23.5 Å². The van der Waals surface area contributed by atoms with Crippen LogP contribution in [0.3, 0.4) is 0 Å². The quantitative estimate of drug-likeness (QED) is 0.0424. The fourth-order valence-electron chi connectivity index (χ4n) is 8.42. The molecule has 56 heavy (non-hydrogen) atoms. The van der Waals surface area contributed by atoms with Gasteiger partial charge in [-0.2, -0.15) is 17.5 Å². The van der Waals surface area contributed by atoms with Gasteiger partial charge in [0.2, 0.25) is 0 Å². The zero-order valence-corrected chi connectivity index (χ0v) is 38.0. The third-order valence-electron chi connectivity index (χ3n) is 11.8. The number of nitrogens with zero attached hydrogens (tertiary/aromatic N) is 4. The van der Waals surface area contributed by atoms with Crippen LogP contribution >= 0.6 is 46.1 Å². The molecule has 4 heterocycles. The van der Waals surface area contributed by atoms with E-state index in [-0.39, 0.29) is 0 Å². The van der Waals surface area contributed by atoms with Crippen LogP contribution in [0.1, 0.15) is 192 Å². The Morgan fingerprint density at radius 2 is 0.661 bits per heavy atom. The Kier molecular flexibility index (Phi) is 19.0. The molecule has 0 saturated heterocycles. The van der Waals surface area contributed by atoms with Gasteiger partial charge in [0.25, 0.3) is 0 Å². The summed E-state index contributed by atoms with van der Waals surface area (Å²) < 4.78 is 19.5. The maximum absolute atomic E-state index is 4.88. The molecule has 0 spiro atoms.